The Bertz CT molecular complexity index is 909. The van der Waals surface area contributed by atoms with E-state index < -0.39 is 11.6 Å². The van der Waals surface area contributed by atoms with E-state index in [2.05, 4.69) is 17.1 Å². The fourth-order valence-electron chi connectivity index (χ4n) is 6.99. The van der Waals surface area contributed by atoms with Crippen LogP contribution in [0.15, 0.2) is 17.2 Å². The predicted molar refractivity (Wildman–Crippen MR) is 128 cm³/mol. The van der Waals surface area contributed by atoms with Crippen molar-refractivity contribution in [1.29, 1.82) is 0 Å². The molecule has 1 amide bonds. The molecule has 4 bridgehead atoms. The quantitative estimate of drug-likeness (QED) is 0.496. The summed E-state index contributed by atoms with van der Waals surface area (Å²) in [5, 5.41) is 24.1. The third-order valence-electron chi connectivity index (χ3n) is 8.14. The summed E-state index contributed by atoms with van der Waals surface area (Å²) in [6, 6.07) is 3.95. The van der Waals surface area contributed by atoms with Crippen molar-refractivity contribution in [3.63, 3.8) is 0 Å². The van der Waals surface area contributed by atoms with Crippen LogP contribution in [0.25, 0.3) is 0 Å². The maximum atomic E-state index is 13.4. The summed E-state index contributed by atoms with van der Waals surface area (Å²) in [6.07, 6.45) is 6.83. The third-order valence-corrected chi connectivity index (χ3v) is 9.34. The number of aliphatic carboxylic acids is 1. The van der Waals surface area contributed by atoms with Crippen LogP contribution in [0.3, 0.4) is 0 Å². The van der Waals surface area contributed by atoms with E-state index in [1.165, 1.54) is 0 Å². The van der Waals surface area contributed by atoms with Crippen molar-refractivity contribution in [1.82, 2.24) is 10.3 Å². The largest absolute Gasteiger partial charge is 0.481 e. The van der Waals surface area contributed by atoms with Gasteiger partial charge in [-0.15, -0.1) is 11.8 Å². The van der Waals surface area contributed by atoms with Crippen molar-refractivity contribution >= 4 is 29.5 Å². The number of nitrogens with one attached hydrogen (secondary N) is 1. The van der Waals surface area contributed by atoms with Crippen molar-refractivity contribution in [3.8, 4) is 0 Å². The fraction of sp³-hybridized carbons (Fsp3) is 0.720. The zero-order valence-electron chi connectivity index (χ0n) is 19.3. The number of thioether (sulfide) groups is 1. The summed E-state index contributed by atoms with van der Waals surface area (Å²) in [5.74, 6) is 2.42. The van der Waals surface area contributed by atoms with Gasteiger partial charge in [0.05, 0.1) is 11.2 Å². The van der Waals surface area contributed by atoms with Crippen molar-refractivity contribution in [3.05, 3.63) is 17.7 Å². The molecule has 1 aromatic rings. The average Bonchev–Trinajstić information content (AvgIpc) is 3.21. The van der Waals surface area contributed by atoms with E-state index in [-0.39, 0.29) is 24.3 Å². The van der Waals surface area contributed by atoms with E-state index >= 15 is 0 Å². The van der Waals surface area contributed by atoms with Crippen molar-refractivity contribution in [2.45, 2.75) is 75.0 Å². The number of anilines is 1. The van der Waals surface area contributed by atoms with Crippen LogP contribution in [-0.2, 0) is 4.79 Å². The number of nitrogens with zero attached hydrogens (tertiary/aromatic N) is 2. The zero-order chi connectivity index (χ0) is 23.2. The monoisotopic (exact) mass is 473 g/mol. The number of amides is 1. The van der Waals surface area contributed by atoms with E-state index in [9.17, 15) is 14.7 Å². The minimum absolute atomic E-state index is 0.0534. The normalized spacial score (nSPS) is 34.6. The smallest absolute Gasteiger partial charge is 0.303 e. The van der Waals surface area contributed by atoms with Crippen molar-refractivity contribution < 1.29 is 19.8 Å². The Kier molecular flexibility index (Phi) is 6.33. The van der Waals surface area contributed by atoms with E-state index in [4.69, 9.17) is 10.1 Å². The second-order valence-electron chi connectivity index (χ2n) is 10.8. The number of rotatable bonds is 8. The van der Waals surface area contributed by atoms with Crippen LogP contribution in [0.2, 0.25) is 0 Å². The topological polar surface area (TPSA) is 103 Å². The Morgan fingerprint density at radius 3 is 2.67 bits per heavy atom. The Morgan fingerprint density at radius 1 is 1.24 bits per heavy atom. The molecular formula is C25H35N3O4S. The van der Waals surface area contributed by atoms with Gasteiger partial charge in [0, 0.05) is 25.6 Å². The molecule has 5 fully saturated rings. The second kappa shape index (κ2) is 9.10. The molecule has 1 aliphatic heterocycles. The number of pyridine rings is 1. The maximum absolute atomic E-state index is 13.4. The van der Waals surface area contributed by atoms with E-state index in [0.717, 1.165) is 68.1 Å². The van der Waals surface area contributed by atoms with E-state index in [1.807, 2.05) is 12.1 Å². The molecule has 7 nitrogen and oxygen atoms in total. The number of aromatic nitrogens is 1. The van der Waals surface area contributed by atoms with E-state index in [1.54, 1.807) is 11.8 Å². The Hall–Kier alpha value is -1.80. The lowest BCUT2D eigenvalue weighted by Crippen LogP contribution is -2.61. The molecule has 180 valence electrons. The average molecular weight is 474 g/mol. The molecule has 1 aromatic heterocycles. The van der Waals surface area contributed by atoms with Gasteiger partial charge < -0.3 is 20.4 Å². The van der Waals surface area contributed by atoms with Gasteiger partial charge in [-0.3, -0.25) is 9.59 Å². The highest BCUT2D eigenvalue weighted by atomic mass is 32.2. The summed E-state index contributed by atoms with van der Waals surface area (Å²) in [5.41, 5.74) is 0.128. The van der Waals surface area contributed by atoms with Gasteiger partial charge in [0.1, 0.15) is 10.8 Å². The van der Waals surface area contributed by atoms with Gasteiger partial charge in [-0.05, 0) is 86.5 Å². The van der Waals surface area contributed by atoms with Gasteiger partial charge in [0.25, 0.3) is 5.91 Å². The first-order valence-corrected chi connectivity index (χ1v) is 13.5. The van der Waals surface area contributed by atoms with Crippen LogP contribution >= 0.6 is 11.8 Å². The van der Waals surface area contributed by atoms with Crippen molar-refractivity contribution in [2.75, 3.05) is 23.7 Å². The van der Waals surface area contributed by atoms with E-state index in [0.29, 0.717) is 29.9 Å². The Labute approximate surface area is 199 Å². The third kappa shape index (κ3) is 4.74. The zero-order valence-corrected chi connectivity index (χ0v) is 20.1. The Morgan fingerprint density at radius 2 is 2.00 bits per heavy atom. The van der Waals surface area contributed by atoms with Crippen LogP contribution in [0.4, 0.5) is 5.82 Å². The lowest BCUT2D eigenvalue weighted by molar-refractivity contribution is -0.138. The van der Waals surface area contributed by atoms with Crippen LogP contribution in [-0.4, -0.2) is 57.6 Å². The minimum atomic E-state index is -0.752. The van der Waals surface area contributed by atoms with Crippen molar-refractivity contribution in [2.24, 2.45) is 23.7 Å². The standard InChI is InChI=1S/C25H35N3O4S/c1-2-7-33-24-19(3-4-20(26-24)28-6-5-15(14-28)10-21(29)30)23(31)27-22-17-8-16-9-18(22)13-25(32,11-16)12-17/h3-4,15-18,22,32H,2,5-14H2,1H3,(H,27,31)(H,29,30)/t15-,16?,17?,18?,22?,25?/m0/s1. The number of carbonyl (C=O) groups excluding carboxylic acids is 1. The molecule has 5 aliphatic rings. The molecule has 3 N–H and O–H groups in total. The maximum Gasteiger partial charge on any atom is 0.303 e. The number of aliphatic hydroxyl groups is 1. The summed E-state index contributed by atoms with van der Waals surface area (Å²) in [7, 11) is 0. The summed E-state index contributed by atoms with van der Waals surface area (Å²) < 4.78 is 0. The molecule has 8 heteroatoms. The van der Waals surface area contributed by atoms with Gasteiger partial charge in [-0.2, -0.15) is 0 Å². The molecule has 33 heavy (non-hydrogen) atoms. The molecule has 0 aromatic carbocycles. The molecular weight excluding hydrogens is 438 g/mol. The predicted octanol–water partition coefficient (Wildman–Crippen LogP) is 3.55. The Balaban J connectivity index is 1.31. The number of hydrogen-bond donors (Lipinski definition) is 3. The molecule has 0 radical (unpaired) electrons. The first-order chi connectivity index (χ1) is 15.8. The summed E-state index contributed by atoms with van der Waals surface area (Å²) in [4.78, 5) is 31.5. The van der Waals surface area contributed by atoms with Gasteiger partial charge in [0.2, 0.25) is 0 Å². The van der Waals surface area contributed by atoms with Crippen LogP contribution in [0, 0.1) is 23.7 Å². The number of carboxylic acid groups (broad SMARTS) is 1. The molecule has 6 rings (SSSR count). The molecule has 3 atom stereocenters. The highest BCUT2D eigenvalue weighted by Gasteiger charge is 2.55. The number of carbonyl (C=O) groups is 2. The van der Waals surface area contributed by atoms with Crippen LogP contribution < -0.4 is 10.2 Å². The van der Waals surface area contributed by atoms with Gasteiger partial charge >= 0.3 is 5.97 Å². The second-order valence-corrected chi connectivity index (χ2v) is 11.8. The summed E-state index contributed by atoms with van der Waals surface area (Å²) >= 11 is 1.62. The van der Waals surface area contributed by atoms with Crippen LogP contribution in [0.1, 0.15) is 68.6 Å². The molecule has 2 unspecified atom stereocenters. The molecule has 4 saturated carbocycles. The fourth-order valence-corrected chi connectivity index (χ4v) is 7.86. The van der Waals surface area contributed by atoms with Gasteiger partial charge in [-0.25, -0.2) is 4.98 Å². The first kappa shape index (κ1) is 23.0. The summed E-state index contributed by atoms with van der Waals surface area (Å²) in [6.45, 7) is 3.61. The molecule has 2 heterocycles. The molecule has 1 saturated heterocycles. The lowest BCUT2D eigenvalue weighted by atomic mass is 9.52. The minimum Gasteiger partial charge on any atom is -0.481 e. The number of carboxylic acids is 1. The first-order valence-electron chi connectivity index (χ1n) is 12.5. The molecule has 0 spiro atoms. The number of hydrogen-bond acceptors (Lipinski definition) is 6. The van der Waals surface area contributed by atoms with Gasteiger partial charge in [0.15, 0.2) is 0 Å². The highest BCUT2D eigenvalue weighted by molar-refractivity contribution is 7.99. The van der Waals surface area contributed by atoms with Crippen LogP contribution in [0.5, 0.6) is 0 Å². The highest BCUT2D eigenvalue weighted by Crippen LogP contribution is 2.55. The SMILES string of the molecule is CCCSc1nc(N2CC[C@@H](CC(=O)O)C2)ccc1C(=O)NC1C2CC3CC1CC(O)(C3)C2. The molecule has 4 aliphatic carbocycles. The van der Waals surface area contributed by atoms with Gasteiger partial charge in [-0.1, -0.05) is 6.92 Å². The lowest BCUT2D eigenvalue weighted by Gasteiger charge is -2.58.